The summed E-state index contributed by atoms with van der Waals surface area (Å²) in [5.41, 5.74) is 1.06. The average molecular weight is 230 g/mol. The molecular formula is C15H18O2. The normalized spacial score (nSPS) is 27.6. The number of hydrogen-bond acceptors (Lipinski definition) is 2. The van der Waals surface area contributed by atoms with Gasteiger partial charge in [-0.3, -0.25) is 4.79 Å². The fourth-order valence-electron chi connectivity index (χ4n) is 2.42. The van der Waals surface area contributed by atoms with Gasteiger partial charge in [-0.25, -0.2) is 0 Å². The first-order valence-electron chi connectivity index (χ1n) is 6.05. The van der Waals surface area contributed by atoms with Crippen LogP contribution in [0.4, 0.5) is 0 Å². The Labute approximate surface area is 102 Å². The molecule has 1 aromatic carbocycles. The van der Waals surface area contributed by atoms with Gasteiger partial charge in [0.25, 0.3) is 0 Å². The Morgan fingerprint density at radius 2 is 2.18 bits per heavy atom. The summed E-state index contributed by atoms with van der Waals surface area (Å²) >= 11 is 0. The number of hydrogen-bond donors (Lipinski definition) is 0. The Kier molecular flexibility index (Phi) is 3.16. The van der Waals surface area contributed by atoms with Gasteiger partial charge >= 0.3 is 0 Å². The molecule has 1 aliphatic heterocycles. The van der Waals surface area contributed by atoms with E-state index in [-0.39, 0.29) is 11.9 Å². The first-order chi connectivity index (χ1) is 8.12. The zero-order chi connectivity index (χ0) is 12.5. The van der Waals surface area contributed by atoms with Crippen LogP contribution in [0.25, 0.3) is 0 Å². The third kappa shape index (κ3) is 1.93. The van der Waals surface area contributed by atoms with Crippen molar-refractivity contribution in [3.05, 3.63) is 48.0 Å². The largest absolute Gasteiger partial charge is 0.359 e. The Morgan fingerprint density at radius 3 is 2.82 bits per heavy atom. The molecule has 0 aliphatic carbocycles. The van der Waals surface area contributed by atoms with Crippen molar-refractivity contribution in [1.82, 2.24) is 0 Å². The van der Waals surface area contributed by atoms with E-state index < -0.39 is 5.60 Å². The highest BCUT2D eigenvalue weighted by molar-refractivity contribution is 6.04. The highest BCUT2D eigenvalue weighted by Gasteiger charge is 2.42. The van der Waals surface area contributed by atoms with Crippen molar-refractivity contribution in [1.29, 1.82) is 0 Å². The van der Waals surface area contributed by atoms with Gasteiger partial charge in [-0.2, -0.15) is 0 Å². The van der Waals surface area contributed by atoms with E-state index in [1.807, 2.05) is 31.2 Å². The van der Waals surface area contributed by atoms with Gasteiger partial charge in [-0.1, -0.05) is 37.3 Å². The molecule has 0 unspecified atom stereocenters. The minimum Gasteiger partial charge on any atom is -0.359 e. The molecule has 17 heavy (non-hydrogen) atoms. The van der Waals surface area contributed by atoms with Crippen molar-refractivity contribution in [3.8, 4) is 0 Å². The Bertz CT molecular complexity index is 450. The fourth-order valence-corrected chi connectivity index (χ4v) is 2.42. The number of Topliss-reactive ketones (excluding diaryl/α,β-unsaturated/α-hetero) is 1. The zero-order valence-electron chi connectivity index (χ0n) is 10.4. The van der Waals surface area contributed by atoms with Crippen molar-refractivity contribution < 1.29 is 9.53 Å². The zero-order valence-corrected chi connectivity index (χ0v) is 10.4. The van der Waals surface area contributed by atoms with Crippen LogP contribution in [0.15, 0.2) is 36.9 Å². The van der Waals surface area contributed by atoms with Crippen LogP contribution in [-0.4, -0.2) is 11.4 Å². The van der Waals surface area contributed by atoms with E-state index in [0.717, 1.165) is 17.5 Å². The molecule has 90 valence electrons. The van der Waals surface area contributed by atoms with E-state index in [9.17, 15) is 4.79 Å². The SMILES string of the molecule is C=CC[C@]1(C)O[C@@H](CC)c2ccccc2C1=O. The van der Waals surface area contributed by atoms with Gasteiger partial charge in [-0.15, -0.1) is 6.58 Å². The van der Waals surface area contributed by atoms with Crippen molar-refractivity contribution in [2.75, 3.05) is 0 Å². The Balaban J connectivity index is 2.50. The fraction of sp³-hybridized carbons (Fsp3) is 0.400. The predicted octanol–water partition coefficient (Wildman–Crippen LogP) is 3.69. The van der Waals surface area contributed by atoms with E-state index in [1.165, 1.54) is 0 Å². The highest BCUT2D eigenvalue weighted by atomic mass is 16.5. The van der Waals surface area contributed by atoms with Gasteiger partial charge in [0.1, 0.15) is 5.60 Å². The quantitative estimate of drug-likeness (QED) is 0.740. The number of rotatable bonds is 3. The van der Waals surface area contributed by atoms with Crippen molar-refractivity contribution in [3.63, 3.8) is 0 Å². The summed E-state index contributed by atoms with van der Waals surface area (Å²) in [5, 5.41) is 0. The highest BCUT2D eigenvalue weighted by Crippen LogP contribution is 2.39. The third-order valence-corrected chi connectivity index (χ3v) is 3.34. The number of benzene rings is 1. The molecule has 0 spiro atoms. The van der Waals surface area contributed by atoms with E-state index in [2.05, 4.69) is 13.5 Å². The van der Waals surface area contributed by atoms with E-state index in [1.54, 1.807) is 6.08 Å². The van der Waals surface area contributed by atoms with Gasteiger partial charge < -0.3 is 4.74 Å². The predicted molar refractivity (Wildman–Crippen MR) is 68.1 cm³/mol. The van der Waals surface area contributed by atoms with Crippen LogP contribution in [0.5, 0.6) is 0 Å². The summed E-state index contributed by atoms with van der Waals surface area (Å²) in [7, 11) is 0. The summed E-state index contributed by atoms with van der Waals surface area (Å²) < 4.78 is 5.98. The summed E-state index contributed by atoms with van der Waals surface area (Å²) in [5.74, 6) is 0.0673. The number of ether oxygens (including phenoxy) is 1. The molecule has 2 atom stereocenters. The molecule has 0 saturated carbocycles. The third-order valence-electron chi connectivity index (χ3n) is 3.34. The van der Waals surface area contributed by atoms with Crippen LogP contribution in [0.2, 0.25) is 0 Å². The summed E-state index contributed by atoms with van der Waals surface area (Å²) in [6.45, 7) is 7.64. The van der Waals surface area contributed by atoms with Crippen molar-refractivity contribution in [2.24, 2.45) is 0 Å². The van der Waals surface area contributed by atoms with Gasteiger partial charge in [-0.05, 0) is 18.9 Å². The number of carbonyl (C=O) groups excluding carboxylic acids is 1. The second-order valence-corrected chi connectivity index (χ2v) is 4.65. The lowest BCUT2D eigenvalue weighted by molar-refractivity contribution is -0.0700. The van der Waals surface area contributed by atoms with Gasteiger partial charge in [0.15, 0.2) is 5.78 Å². The molecule has 0 fully saturated rings. The second-order valence-electron chi connectivity index (χ2n) is 4.65. The van der Waals surface area contributed by atoms with Crippen LogP contribution in [0, 0.1) is 0 Å². The summed E-state index contributed by atoms with van der Waals surface area (Å²) in [4.78, 5) is 12.4. The van der Waals surface area contributed by atoms with Crippen LogP contribution in [0.1, 0.15) is 48.7 Å². The van der Waals surface area contributed by atoms with E-state index in [4.69, 9.17) is 4.74 Å². The molecule has 0 aromatic heterocycles. The van der Waals surface area contributed by atoms with E-state index >= 15 is 0 Å². The molecule has 1 aromatic rings. The van der Waals surface area contributed by atoms with Gasteiger partial charge in [0, 0.05) is 12.0 Å². The average Bonchev–Trinajstić information content (AvgIpc) is 2.34. The molecule has 0 radical (unpaired) electrons. The topological polar surface area (TPSA) is 26.3 Å². The molecule has 0 saturated heterocycles. The van der Waals surface area contributed by atoms with Crippen LogP contribution in [0.3, 0.4) is 0 Å². The first kappa shape index (κ1) is 12.1. The lowest BCUT2D eigenvalue weighted by Gasteiger charge is -2.37. The first-order valence-corrected chi connectivity index (χ1v) is 6.05. The molecule has 1 aliphatic rings. The minimum absolute atomic E-state index is 0.00819. The van der Waals surface area contributed by atoms with Gasteiger partial charge in [0.2, 0.25) is 0 Å². The lowest BCUT2D eigenvalue weighted by Crippen LogP contribution is -2.43. The number of ketones is 1. The summed E-state index contributed by atoms with van der Waals surface area (Å²) in [6.07, 6.45) is 3.18. The maximum Gasteiger partial charge on any atom is 0.195 e. The molecule has 2 nitrogen and oxygen atoms in total. The Hall–Kier alpha value is -1.41. The monoisotopic (exact) mass is 230 g/mol. The van der Waals surface area contributed by atoms with Crippen molar-refractivity contribution in [2.45, 2.75) is 38.4 Å². The molecular weight excluding hydrogens is 212 g/mol. The lowest BCUT2D eigenvalue weighted by atomic mass is 9.83. The number of fused-ring (bicyclic) bond motifs is 1. The summed E-state index contributed by atoms with van der Waals surface area (Å²) in [6, 6.07) is 7.73. The Morgan fingerprint density at radius 1 is 1.47 bits per heavy atom. The van der Waals surface area contributed by atoms with Crippen LogP contribution in [-0.2, 0) is 4.74 Å². The number of carbonyl (C=O) groups is 1. The van der Waals surface area contributed by atoms with Crippen molar-refractivity contribution >= 4 is 5.78 Å². The standard InChI is InChI=1S/C15H18O2/c1-4-10-15(3)14(16)12-9-7-6-8-11(12)13(5-2)17-15/h4,6-9,13H,1,5,10H2,2-3H3/t13-,15-/m0/s1. The minimum atomic E-state index is -0.753. The van der Waals surface area contributed by atoms with Crippen LogP contribution < -0.4 is 0 Å². The molecule has 2 rings (SSSR count). The molecule has 0 bridgehead atoms. The maximum atomic E-state index is 12.4. The molecule has 1 heterocycles. The van der Waals surface area contributed by atoms with E-state index in [0.29, 0.717) is 6.42 Å². The van der Waals surface area contributed by atoms with Crippen LogP contribution >= 0.6 is 0 Å². The second kappa shape index (κ2) is 4.46. The smallest absolute Gasteiger partial charge is 0.195 e. The van der Waals surface area contributed by atoms with Gasteiger partial charge in [0.05, 0.1) is 6.10 Å². The molecule has 0 N–H and O–H groups in total. The molecule has 0 amide bonds. The maximum absolute atomic E-state index is 12.4. The molecule has 2 heteroatoms.